The molecule has 144 valence electrons. The van der Waals surface area contributed by atoms with Crippen LogP contribution in [0.4, 0.5) is 8.78 Å². The minimum absolute atomic E-state index is 0.126. The molecule has 2 aromatic rings. The van der Waals surface area contributed by atoms with Crippen molar-refractivity contribution in [2.24, 2.45) is 11.8 Å². The molecule has 0 heterocycles. The summed E-state index contributed by atoms with van der Waals surface area (Å²) in [4.78, 5) is 24.4. The Morgan fingerprint density at radius 2 is 1.37 bits per heavy atom. The zero-order chi connectivity index (χ0) is 20.0. The highest BCUT2D eigenvalue weighted by molar-refractivity contribution is 5.94. The number of rotatable bonds is 7. The highest BCUT2D eigenvalue weighted by Gasteiger charge is 2.25. The van der Waals surface area contributed by atoms with Crippen LogP contribution >= 0.6 is 0 Å². The van der Waals surface area contributed by atoms with Gasteiger partial charge < -0.3 is 10.1 Å². The molecule has 0 aliphatic rings. The number of hydrogen-bond donors (Lipinski definition) is 1. The van der Waals surface area contributed by atoms with Gasteiger partial charge in [0.15, 0.2) is 0 Å². The van der Waals surface area contributed by atoms with Crippen molar-refractivity contribution in [3.63, 3.8) is 0 Å². The van der Waals surface area contributed by atoms with Gasteiger partial charge in [0.1, 0.15) is 17.7 Å². The predicted octanol–water partition coefficient (Wildman–Crippen LogP) is 4.21. The number of nitrogens with one attached hydrogen (secondary N) is 1. The standard InChI is InChI=1S/C21H23F2NO3/c1-13(2)19(12-24-20(25)15-4-8-17(22)9-5-15)14(3)27-21(26)16-6-10-18(23)11-7-16/h4-11,13-14,19H,12H2,1-3H3,(H,24,25). The summed E-state index contributed by atoms with van der Waals surface area (Å²) in [7, 11) is 0. The summed E-state index contributed by atoms with van der Waals surface area (Å²) in [5.41, 5.74) is 0.621. The largest absolute Gasteiger partial charge is 0.459 e. The van der Waals surface area contributed by atoms with Crippen LogP contribution in [0.2, 0.25) is 0 Å². The number of halogens is 2. The number of benzene rings is 2. The number of amides is 1. The van der Waals surface area contributed by atoms with E-state index in [1.165, 1.54) is 48.5 Å². The maximum Gasteiger partial charge on any atom is 0.338 e. The minimum Gasteiger partial charge on any atom is -0.459 e. The van der Waals surface area contributed by atoms with Crippen LogP contribution in [0.25, 0.3) is 0 Å². The van der Waals surface area contributed by atoms with E-state index in [4.69, 9.17) is 4.74 Å². The van der Waals surface area contributed by atoms with Crippen molar-refractivity contribution < 1.29 is 23.1 Å². The first kappa shape index (κ1) is 20.6. The van der Waals surface area contributed by atoms with E-state index in [-0.39, 0.29) is 23.3 Å². The smallest absolute Gasteiger partial charge is 0.338 e. The highest BCUT2D eigenvalue weighted by Crippen LogP contribution is 2.19. The fraction of sp³-hybridized carbons (Fsp3) is 0.333. The van der Waals surface area contributed by atoms with Gasteiger partial charge in [-0.15, -0.1) is 0 Å². The van der Waals surface area contributed by atoms with E-state index in [1.807, 2.05) is 13.8 Å². The summed E-state index contributed by atoms with van der Waals surface area (Å²) < 4.78 is 31.4. The van der Waals surface area contributed by atoms with E-state index < -0.39 is 23.7 Å². The van der Waals surface area contributed by atoms with E-state index in [9.17, 15) is 18.4 Å². The lowest BCUT2D eigenvalue weighted by molar-refractivity contribution is 0.0130. The van der Waals surface area contributed by atoms with Gasteiger partial charge in [-0.1, -0.05) is 13.8 Å². The highest BCUT2D eigenvalue weighted by atomic mass is 19.1. The van der Waals surface area contributed by atoms with Gasteiger partial charge in [-0.2, -0.15) is 0 Å². The van der Waals surface area contributed by atoms with Gasteiger partial charge in [-0.25, -0.2) is 13.6 Å². The number of carbonyl (C=O) groups excluding carboxylic acids is 2. The van der Waals surface area contributed by atoms with Gasteiger partial charge in [0.2, 0.25) is 0 Å². The van der Waals surface area contributed by atoms with Crippen molar-refractivity contribution in [2.75, 3.05) is 6.54 Å². The van der Waals surface area contributed by atoms with Crippen molar-refractivity contribution in [1.82, 2.24) is 5.32 Å². The minimum atomic E-state index is -0.544. The predicted molar refractivity (Wildman–Crippen MR) is 98.3 cm³/mol. The van der Waals surface area contributed by atoms with Crippen LogP contribution in [0.5, 0.6) is 0 Å². The molecule has 1 amide bonds. The van der Waals surface area contributed by atoms with Gasteiger partial charge >= 0.3 is 5.97 Å². The average molecular weight is 375 g/mol. The van der Waals surface area contributed by atoms with Crippen molar-refractivity contribution in [3.8, 4) is 0 Å². The molecule has 2 atom stereocenters. The second kappa shape index (κ2) is 9.26. The molecular weight excluding hydrogens is 352 g/mol. The van der Waals surface area contributed by atoms with Gasteiger partial charge in [0, 0.05) is 18.0 Å². The van der Waals surface area contributed by atoms with Crippen LogP contribution in [0.15, 0.2) is 48.5 Å². The molecule has 1 N–H and O–H groups in total. The Hall–Kier alpha value is -2.76. The third-order valence-electron chi connectivity index (χ3n) is 4.44. The molecule has 2 aromatic carbocycles. The molecule has 0 saturated carbocycles. The van der Waals surface area contributed by atoms with Crippen LogP contribution < -0.4 is 5.32 Å². The molecule has 0 aliphatic heterocycles. The molecule has 6 heteroatoms. The summed E-state index contributed by atoms with van der Waals surface area (Å²) in [6.07, 6.45) is -0.462. The number of hydrogen-bond acceptors (Lipinski definition) is 3. The fourth-order valence-electron chi connectivity index (χ4n) is 2.77. The van der Waals surface area contributed by atoms with Crippen LogP contribution in [-0.2, 0) is 4.74 Å². The first-order chi connectivity index (χ1) is 12.8. The summed E-state index contributed by atoms with van der Waals surface area (Å²) in [6, 6.07) is 10.4. The Kier molecular flexibility index (Phi) is 7.05. The van der Waals surface area contributed by atoms with Crippen LogP contribution in [0.1, 0.15) is 41.5 Å². The second-order valence-corrected chi connectivity index (χ2v) is 6.74. The fourth-order valence-corrected chi connectivity index (χ4v) is 2.77. The Morgan fingerprint density at radius 1 is 0.889 bits per heavy atom. The Morgan fingerprint density at radius 3 is 1.85 bits per heavy atom. The van der Waals surface area contributed by atoms with Gasteiger partial charge in [0.05, 0.1) is 5.56 Å². The SMILES string of the molecule is CC(C)C(CNC(=O)c1ccc(F)cc1)C(C)OC(=O)c1ccc(F)cc1. The lowest BCUT2D eigenvalue weighted by Crippen LogP contribution is -2.38. The number of esters is 1. The maximum absolute atomic E-state index is 13.0. The summed E-state index contributed by atoms with van der Waals surface area (Å²) in [5, 5.41) is 2.80. The van der Waals surface area contributed by atoms with E-state index in [0.717, 1.165) is 0 Å². The third-order valence-corrected chi connectivity index (χ3v) is 4.44. The Balaban J connectivity index is 1.96. The zero-order valence-corrected chi connectivity index (χ0v) is 15.5. The van der Waals surface area contributed by atoms with Crippen molar-refractivity contribution in [3.05, 3.63) is 71.3 Å². The molecule has 0 bridgehead atoms. The normalized spacial score (nSPS) is 13.1. The summed E-state index contributed by atoms with van der Waals surface area (Å²) in [5.74, 6) is -1.69. The van der Waals surface area contributed by atoms with E-state index >= 15 is 0 Å². The molecule has 27 heavy (non-hydrogen) atoms. The third kappa shape index (κ3) is 5.88. The first-order valence-corrected chi connectivity index (χ1v) is 8.78. The van der Waals surface area contributed by atoms with E-state index in [1.54, 1.807) is 6.92 Å². The molecular formula is C21H23F2NO3. The molecule has 2 unspecified atom stereocenters. The Bertz CT molecular complexity index is 773. The molecule has 0 aromatic heterocycles. The monoisotopic (exact) mass is 375 g/mol. The number of ether oxygens (including phenoxy) is 1. The number of carbonyl (C=O) groups is 2. The van der Waals surface area contributed by atoms with Crippen molar-refractivity contribution >= 4 is 11.9 Å². The summed E-state index contributed by atoms with van der Waals surface area (Å²) in [6.45, 7) is 6.00. The van der Waals surface area contributed by atoms with Crippen molar-refractivity contribution in [2.45, 2.75) is 26.9 Å². The molecule has 2 rings (SSSR count). The lowest BCUT2D eigenvalue weighted by atomic mass is 9.90. The lowest BCUT2D eigenvalue weighted by Gasteiger charge is -2.27. The molecule has 0 saturated heterocycles. The van der Waals surface area contributed by atoms with E-state index in [0.29, 0.717) is 12.1 Å². The second-order valence-electron chi connectivity index (χ2n) is 6.74. The summed E-state index contributed by atoms with van der Waals surface area (Å²) >= 11 is 0. The molecule has 0 fully saturated rings. The van der Waals surface area contributed by atoms with Crippen molar-refractivity contribution in [1.29, 1.82) is 0 Å². The average Bonchev–Trinajstić information content (AvgIpc) is 2.62. The molecule has 0 spiro atoms. The van der Waals surface area contributed by atoms with Crippen LogP contribution in [0, 0.1) is 23.5 Å². The maximum atomic E-state index is 13.0. The molecule has 0 aliphatic carbocycles. The van der Waals surface area contributed by atoms with Crippen LogP contribution in [-0.4, -0.2) is 24.5 Å². The van der Waals surface area contributed by atoms with E-state index in [2.05, 4.69) is 5.32 Å². The Labute approximate surface area is 157 Å². The topological polar surface area (TPSA) is 55.4 Å². The van der Waals surface area contributed by atoms with Gasteiger partial charge in [0.25, 0.3) is 5.91 Å². The molecule has 0 radical (unpaired) electrons. The first-order valence-electron chi connectivity index (χ1n) is 8.78. The molecule has 4 nitrogen and oxygen atoms in total. The zero-order valence-electron chi connectivity index (χ0n) is 15.5. The van der Waals surface area contributed by atoms with Crippen LogP contribution in [0.3, 0.4) is 0 Å². The quantitative estimate of drug-likeness (QED) is 0.738. The van der Waals surface area contributed by atoms with Gasteiger partial charge in [-0.05, 0) is 61.4 Å². The van der Waals surface area contributed by atoms with Gasteiger partial charge in [-0.3, -0.25) is 4.79 Å².